The van der Waals surface area contributed by atoms with Crippen LogP contribution in [0.15, 0.2) is 48.5 Å². The van der Waals surface area contributed by atoms with Crippen molar-refractivity contribution in [2.24, 2.45) is 0 Å². The van der Waals surface area contributed by atoms with Crippen LogP contribution in [-0.4, -0.2) is 28.2 Å². The Hall–Kier alpha value is -3.12. The van der Waals surface area contributed by atoms with Gasteiger partial charge in [0.25, 0.3) is 0 Å². The zero-order valence-electron chi connectivity index (χ0n) is 16.9. The number of anilines is 1. The van der Waals surface area contributed by atoms with Gasteiger partial charge in [-0.1, -0.05) is 41.4 Å². The SMILES string of the molecule is Cc1ccc(Cn2nc(C)c(C(=O)Oc3ccc(N4CCCC4=O)cc3)c2Cl)cc1. The van der Waals surface area contributed by atoms with Gasteiger partial charge in [-0.3, -0.25) is 4.79 Å². The highest BCUT2D eigenvalue weighted by Gasteiger charge is 2.24. The molecule has 1 saturated heterocycles. The summed E-state index contributed by atoms with van der Waals surface area (Å²) >= 11 is 6.45. The monoisotopic (exact) mass is 423 g/mol. The van der Waals surface area contributed by atoms with Gasteiger partial charge in [0.15, 0.2) is 0 Å². The molecule has 3 aromatic rings. The van der Waals surface area contributed by atoms with Crippen LogP contribution in [0, 0.1) is 13.8 Å². The number of hydrogen-bond donors (Lipinski definition) is 0. The van der Waals surface area contributed by atoms with Crippen molar-refractivity contribution in [3.05, 3.63) is 76.1 Å². The number of ether oxygens (including phenoxy) is 1. The summed E-state index contributed by atoms with van der Waals surface area (Å²) in [5, 5.41) is 4.65. The van der Waals surface area contributed by atoms with Gasteiger partial charge in [0.05, 0.1) is 12.2 Å². The van der Waals surface area contributed by atoms with E-state index in [4.69, 9.17) is 16.3 Å². The Bertz CT molecular complexity index is 1090. The first-order valence-corrected chi connectivity index (χ1v) is 10.2. The molecule has 2 aromatic carbocycles. The van der Waals surface area contributed by atoms with Gasteiger partial charge in [0.1, 0.15) is 16.5 Å². The van der Waals surface area contributed by atoms with E-state index in [1.165, 1.54) is 5.56 Å². The third-order valence-corrected chi connectivity index (χ3v) is 5.54. The number of hydrogen-bond acceptors (Lipinski definition) is 4. The lowest BCUT2D eigenvalue weighted by atomic mass is 10.1. The molecule has 2 heterocycles. The minimum absolute atomic E-state index is 0.114. The fourth-order valence-corrected chi connectivity index (χ4v) is 3.84. The predicted octanol–water partition coefficient (Wildman–Crippen LogP) is 4.55. The molecule has 0 unspecified atom stereocenters. The number of aromatic nitrogens is 2. The van der Waals surface area contributed by atoms with Crippen molar-refractivity contribution in [2.75, 3.05) is 11.4 Å². The molecule has 0 aliphatic carbocycles. The fraction of sp³-hybridized carbons (Fsp3) is 0.261. The normalized spacial score (nSPS) is 13.7. The first-order chi connectivity index (χ1) is 14.4. The Balaban J connectivity index is 1.48. The summed E-state index contributed by atoms with van der Waals surface area (Å²) in [5.41, 5.74) is 3.78. The summed E-state index contributed by atoms with van der Waals surface area (Å²) < 4.78 is 7.10. The van der Waals surface area contributed by atoms with Gasteiger partial charge in [-0.25, -0.2) is 9.48 Å². The van der Waals surface area contributed by atoms with Crippen LogP contribution in [0.2, 0.25) is 5.15 Å². The second-order valence-corrected chi connectivity index (χ2v) is 7.78. The van der Waals surface area contributed by atoms with Crippen molar-refractivity contribution >= 4 is 29.2 Å². The highest BCUT2D eigenvalue weighted by molar-refractivity contribution is 6.32. The van der Waals surface area contributed by atoms with Crippen molar-refractivity contribution in [1.29, 1.82) is 0 Å². The van der Waals surface area contributed by atoms with Crippen molar-refractivity contribution in [3.8, 4) is 5.75 Å². The number of benzene rings is 2. The van der Waals surface area contributed by atoms with E-state index in [-0.39, 0.29) is 16.6 Å². The summed E-state index contributed by atoms with van der Waals surface area (Å²) in [6, 6.07) is 15.0. The number of carbonyl (C=O) groups is 2. The van der Waals surface area contributed by atoms with Crippen LogP contribution in [0.4, 0.5) is 5.69 Å². The van der Waals surface area contributed by atoms with Crippen LogP contribution in [0.1, 0.15) is 40.0 Å². The van der Waals surface area contributed by atoms with Crippen LogP contribution >= 0.6 is 11.6 Å². The molecule has 1 aliphatic rings. The van der Waals surface area contributed by atoms with E-state index in [9.17, 15) is 9.59 Å². The standard InChI is InChI=1S/C23H22ClN3O3/c1-15-5-7-17(8-6-15)14-27-22(24)21(16(2)25-27)23(29)30-19-11-9-18(10-12-19)26-13-3-4-20(26)28/h5-12H,3-4,13-14H2,1-2H3. The van der Waals surface area contributed by atoms with Gasteiger partial charge >= 0.3 is 5.97 Å². The van der Waals surface area contributed by atoms with Crippen LogP contribution in [0.5, 0.6) is 5.75 Å². The average molecular weight is 424 g/mol. The molecule has 1 aliphatic heterocycles. The van der Waals surface area contributed by atoms with Crippen LogP contribution < -0.4 is 9.64 Å². The number of carbonyl (C=O) groups excluding carboxylic acids is 2. The number of nitrogens with zero attached hydrogens (tertiary/aromatic N) is 3. The number of rotatable bonds is 5. The quantitative estimate of drug-likeness (QED) is 0.446. The molecule has 1 fully saturated rings. The summed E-state index contributed by atoms with van der Waals surface area (Å²) in [6.07, 6.45) is 1.43. The zero-order valence-corrected chi connectivity index (χ0v) is 17.6. The first-order valence-electron chi connectivity index (χ1n) is 9.83. The molecule has 4 rings (SSSR count). The predicted molar refractivity (Wildman–Crippen MR) is 115 cm³/mol. The average Bonchev–Trinajstić information content (AvgIpc) is 3.27. The Morgan fingerprint density at radius 1 is 1.10 bits per heavy atom. The van der Waals surface area contributed by atoms with E-state index in [1.54, 1.807) is 40.8 Å². The highest BCUT2D eigenvalue weighted by atomic mass is 35.5. The van der Waals surface area contributed by atoms with E-state index >= 15 is 0 Å². The van der Waals surface area contributed by atoms with Crippen molar-refractivity contribution in [2.45, 2.75) is 33.2 Å². The maximum Gasteiger partial charge on any atom is 0.348 e. The molecule has 6 nitrogen and oxygen atoms in total. The lowest BCUT2D eigenvalue weighted by Gasteiger charge is -2.15. The molecule has 7 heteroatoms. The smallest absolute Gasteiger partial charge is 0.348 e. The Kier molecular flexibility index (Phi) is 5.59. The van der Waals surface area contributed by atoms with E-state index in [0.717, 1.165) is 17.7 Å². The van der Waals surface area contributed by atoms with Crippen molar-refractivity contribution < 1.29 is 14.3 Å². The Labute approximate surface area is 180 Å². The molecule has 1 aromatic heterocycles. The highest BCUT2D eigenvalue weighted by Crippen LogP contribution is 2.26. The van der Waals surface area contributed by atoms with Gasteiger partial charge in [-0.2, -0.15) is 5.10 Å². The fourth-order valence-electron chi connectivity index (χ4n) is 3.53. The molecule has 0 saturated carbocycles. The summed E-state index contributed by atoms with van der Waals surface area (Å²) in [6.45, 7) is 4.94. The number of esters is 1. The van der Waals surface area contributed by atoms with Crippen molar-refractivity contribution in [3.63, 3.8) is 0 Å². The van der Waals surface area contributed by atoms with Gasteiger partial charge in [-0.05, 0) is 50.1 Å². The number of halogens is 1. The lowest BCUT2D eigenvalue weighted by molar-refractivity contribution is -0.117. The number of aryl methyl sites for hydroxylation is 2. The van der Waals surface area contributed by atoms with Gasteiger partial charge in [-0.15, -0.1) is 0 Å². The minimum Gasteiger partial charge on any atom is -0.423 e. The molecule has 1 amide bonds. The maximum atomic E-state index is 12.7. The molecule has 0 radical (unpaired) electrons. The van der Waals surface area contributed by atoms with E-state index in [0.29, 0.717) is 31.0 Å². The third kappa shape index (κ3) is 4.09. The van der Waals surface area contributed by atoms with Crippen LogP contribution in [-0.2, 0) is 11.3 Å². The molecule has 0 N–H and O–H groups in total. The molecule has 0 spiro atoms. The molecular formula is C23H22ClN3O3. The Morgan fingerprint density at radius 2 is 1.80 bits per heavy atom. The van der Waals surface area contributed by atoms with Gasteiger partial charge in [0, 0.05) is 18.7 Å². The summed E-state index contributed by atoms with van der Waals surface area (Å²) in [4.78, 5) is 26.3. The van der Waals surface area contributed by atoms with Gasteiger partial charge in [0.2, 0.25) is 5.91 Å². The largest absolute Gasteiger partial charge is 0.423 e. The van der Waals surface area contributed by atoms with Crippen molar-refractivity contribution in [1.82, 2.24) is 9.78 Å². The van der Waals surface area contributed by atoms with Gasteiger partial charge < -0.3 is 9.64 Å². The lowest BCUT2D eigenvalue weighted by Crippen LogP contribution is -2.23. The van der Waals surface area contributed by atoms with E-state index < -0.39 is 5.97 Å². The second-order valence-electron chi connectivity index (χ2n) is 7.43. The molecule has 30 heavy (non-hydrogen) atoms. The molecular weight excluding hydrogens is 402 g/mol. The maximum absolute atomic E-state index is 12.7. The molecule has 0 bridgehead atoms. The minimum atomic E-state index is -0.558. The molecule has 154 valence electrons. The van der Waals surface area contributed by atoms with Crippen LogP contribution in [0.3, 0.4) is 0 Å². The first kappa shape index (κ1) is 20.2. The summed E-state index contributed by atoms with van der Waals surface area (Å²) in [5.74, 6) is -0.0575. The third-order valence-electron chi connectivity index (χ3n) is 5.15. The zero-order chi connectivity index (χ0) is 21.3. The summed E-state index contributed by atoms with van der Waals surface area (Å²) in [7, 11) is 0. The van der Waals surface area contributed by atoms with E-state index in [2.05, 4.69) is 5.10 Å². The topological polar surface area (TPSA) is 64.4 Å². The Morgan fingerprint density at radius 3 is 2.43 bits per heavy atom. The van der Waals surface area contributed by atoms with E-state index in [1.807, 2.05) is 31.2 Å². The second kappa shape index (κ2) is 8.32. The molecule has 0 atom stereocenters. The van der Waals surface area contributed by atoms with Crippen LogP contribution in [0.25, 0.3) is 0 Å². The number of amides is 1.